The number of hydrogen-bond donors (Lipinski definition) is 2. The third-order valence-corrected chi connectivity index (χ3v) is 6.08. The maximum atomic E-state index is 12.2. The molecule has 0 bridgehead atoms. The van der Waals surface area contributed by atoms with E-state index in [0.29, 0.717) is 11.3 Å². The summed E-state index contributed by atoms with van der Waals surface area (Å²) in [5.74, 6) is 0.207. The quantitative estimate of drug-likeness (QED) is 0.618. The van der Waals surface area contributed by atoms with Crippen LogP contribution >= 0.6 is 15.9 Å². The summed E-state index contributed by atoms with van der Waals surface area (Å²) in [6, 6.07) is 11.9. The lowest BCUT2D eigenvalue weighted by Gasteiger charge is -2.16. The van der Waals surface area contributed by atoms with Crippen LogP contribution in [0.1, 0.15) is 37.9 Å². The normalized spacial score (nSPS) is 12.6. The number of aryl methyl sites for hydroxylation is 1. The monoisotopic (exact) mass is 468 g/mol. The fourth-order valence-electron chi connectivity index (χ4n) is 2.62. The first-order valence-corrected chi connectivity index (χ1v) is 11.2. The smallest absolute Gasteiger partial charge is 0.258 e. The molecule has 2 aromatic carbocycles. The van der Waals surface area contributed by atoms with E-state index in [1.807, 2.05) is 31.2 Å². The minimum Gasteiger partial charge on any atom is -0.484 e. The summed E-state index contributed by atoms with van der Waals surface area (Å²) in [7, 11) is -3.57. The molecule has 0 saturated carbocycles. The van der Waals surface area contributed by atoms with E-state index in [-0.39, 0.29) is 29.5 Å². The molecule has 0 saturated heterocycles. The van der Waals surface area contributed by atoms with Gasteiger partial charge in [-0.05, 0) is 69.2 Å². The number of ether oxygens (including phenoxy) is 1. The molecule has 0 heterocycles. The van der Waals surface area contributed by atoms with Gasteiger partial charge in [-0.3, -0.25) is 4.79 Å². The first kappa shape index (κ1) is 22.4. The van der Waals surface area contributed by atoms with Crippen molar-refractivity contribution < 1.29 is 17.9 Å². The number of halogens is 1. The van der Waals surface area contributed by atoms with Gasteiger partial charge in [0.25, 0.3) is 5.91 Å². The summed E-state index contributed by atoms with van der Waals surface area (Å²) >= 11 is 3.41. The van der Waals surface area contributed by atoms with Gasteiger partial charge in [-0.25, -0.2) is 13.1 Å². The van der Waals surface area contributed by atoms with Crippen LogP contribution in [-0.2, 0) is 14.8 Å². The van der Waals surface area contributed by atoms with Crippen LogP contribution in [0.5, 0.6) is 5.75 Å². The van der Waals surface area contributed by atoms with E-state index in [2.05, 4.69) is 26.0 Å². The van der Waals surface area contributed by atoms with E-state index in [4.69, 9.17) is 4.74 Å². The van der Waals surface area contributed by atoms with Gasteiger partial charge in [-0.2, -0.15) is 0 Å². The Bertz CT molecular complexity index is 945. The highest BCUT2D eigenvalue weighted by molar-refractivity contribution is 9.10. The van der Waals surface area contributed by atoms with Crippen LogP contribution in [0, 0.1) is 6.92 Å². The van der Waals surface area contributed by atoms with Crippen LogP contribution in [0.25, 0.3) is 0 Å². The van der Waals surface area contributed by atoms with Gasteiger partial charge in [0.15, 0.2) is 6.61 Å². The predicted molar refractivity (Wildman–Crippen MR) is 113 cm³/mol. The van der Waals surface area contributed by atoms with Crippen LogP contribution in [0.3, 0.4) is 0 Å². The number of nitrogens with one attached hydrogen (secondary N) is 2. The Labute approximate surface area is 174 Å². The number of amides is 1. The first-order chi connectivity index (χ1) is 13.1. The molecule has 1 atom stereocenters. The van der Waals surface area contributed by atoms with Crippen LogP contribution in [0.15, 0.2) is 51.8 Å². The van der Waals surface area contributed by atoms with Crippen LogP contribution in [-0.4, -0.2) is 27.0 Å². The summed E-state index contributed by atoms with van der Waals surface area (Å²) in [4.78, 5) is 12.4. The van der Waals surface area contributed by atoms with Crippen molar-refractivity contribution in [1.82, 2.24) is 10.0 Å². The highest BCUT2D eigenvalue weighted by Crippen LogP contribution is 2.22. The van der Waals surface area contributed by atoms with Crippen molar-refractivity contribution in [2.75, 3.05) is 6.61 Å². The van der Waals surface area contributed by atoms with Gasteiger partial charge < -0.3 is 10.1 Å². The molecule has 0 radical (unpaired) electrons. The maximum absolute atomic E-state index is 12.2. The minimum absolute atomic E-state index is 0.157. The molecule has 0 unspecified atom stereocenters. The van der Waals surface area contributed by atoms with Crippen molar-refractivity contribution in [3.8, 4) is 5.75 Å². The fourth-order valence-corrected chi connectivity index (χ4v) is 4.37. The Balaban J connectivity index is 1.98. The average Bonchev–Trinajstić information content (AvgIpc) is 2.59. The topological polar surface area (TPSA) is 84.5 Å². The molecule has 2 rings (SSSR count). The molecule has 8 heteroatoms. The second kappa shape index (κ2) is 9.54. The lowest BCUT2D eigenvalue weighted by molar-refractivity contribution is -0.123. The molecule has 2 aromatic rings. The number of carbonyl (C=O) groups is 1. The van der Waals surface area contributed by atoms with Gasteiger partial charge in [-0.15, -0.1) is 0 Å². The Morgan fingerprint density at radius 2 is 1.86 bits per heavy atom. The molecule has 0 aromatic heterocycles. The Hall–Kier alpha value is -1.90. The van der Waals surface area contributed by atoms with Crippen LogP contribution in [0.4, 0.5) is 0 Å². The van der Waals surface area contributed by atoms with Gasteiger partial charge >= 0.3 is 0 Å². The van der Waals surface area contributed by atoms with Crippen molar-refractivity contribution in [3.05, 3.63) is 58.1 Å². The number of benzene rings is 2. The van der Waals surface area contributed by atoms with Gasteiger partial charge in [-0.1, -0.05) is 28.1 Å². The Morgan fingerprint density at radius 1 is 1.14 bits per heavy atom. The molecule has 0 spiro atoms. The standard InChI is InChI=1S/C20H25BrN2O4S/c1-13(2)23-28(25,26)18-8-9-19(14(3)10-18)27-12-20(24)22-15(4)16-6-5-7-17(21)11-16/h5-11,13,15,23H,12H2,1-4H3,(H,22,24)/t15-/m1/s1. The zero-order chi connectivity index (χ0) is 20.9. The zero-order valence-electron chi connectivity index (χ0n) is 16.3. The van der Waals surface area contributed by atoms with E-state index in [1.54, 1.807) is 26.8 Å². The lowest BCUT2D eigenvalue weighted by atomic mass is 10.1. The molecule has 0 fully saturated rings. The molecule has 6 nitrogen and oxygen atoms in total. The third-order valence-electron chi connectivity index (χ3n) is 3.93. The minimum atomic E-state index is -3.57. The van der Waals surface area contributed by atoms with Gasteiger partial charge in [0.1, 0.15) is 5.75 Å². The van der Waals surface area contributed by atoms with Crippen molar-refractivity contribution >= 4 is 31.9 Å². The zero-order valence-corrected chi connectivity index (χ0v) is 18.7. The maximum Gasteiger partial charge on any atom is 0.258 e. The number of hydrogen-bond acceptors (Lipinski definition) is 4. The average molecular weight is 469 g/mol. The van der Waals surface area contributed by atoms with Crippen molar-refractivity contribution in [2.45, 2.75) is 44.7 Å². The Morgan fingerprint density at radius 3 is 2.46 bits per heavy atom. The number of rotatable bonds is 8. The van der Waals surface area contributed by atoms with Gasteiger partial charge in [0, 0.05) is 10.5 Å². The predicted octanol–water partition coefficient (Wildman–Crippen LogP) is 3.70. The summed E-state index contributed by atoms with van der Waals surface area (Å²) in [5, 5.41) is 2.88. The second-order valence-electron chi connectivity index (χ2n) is 6.84. The van der Waals surface area contributed by atoms with Gasteiger partial charge in [0.2, 0.25) is 10.0 Å². The first-order valence-electron chi connectivity index (χ1n) is 8.89. The van der Waals surface area contributed by atoms with E-state index >= 15 is 0 Å². The molecule has 0 aliphatic heterocycles. The Kier molecular flexibility index (Phi) is 7.63. The molecule has 152 valence electrons. The molecule has 0 aliphatic carbocycles. The summed E-state index contributed by atoms with van der Waals surface area (Å²) < 4.78 is 33.5. The van der Waals surface area contributed by atoms with Crippen molar-refractivity contribution in [3.63, 3.8) is 0 Å². The molecule has 0 aliphatic rings. The van der Waals surface area contributed by atoms with E-state index in [0.717, 1.165) is 10.0 Å². The lowest BCUT2D eigenvalue weighted by Crippen LogP contribution is -2.31. The number of carbonyl (C=O) groups excluding carboxylic acids is 1. The molecule has 28 heavy (non-hydrogen) atoms. The SMILES string of the molecule is Cc1cc(S(=O)(=O)NC(C)C)ccc1OCC(=O)N[C@H](C)c1cccc(Br)c1. The van der Waals surface area contributed by atoms with Crippen LogP contribution < -0.4 is 14.8 Å². The molecular weight excluding hydrogens is 444 g/mol. The van der Waals surface area contributed by atoms with E-state index in [1.165, 1.54) is 12.1 Å². The highest BCUT2D eigenvalue weighted by atomic mass is 79.9. The largest absolute Gasteiger partial charge is 0.484 e. The fraction of sp³-hybridized carbons (Fsp3) is 0.350. The summed E-state index contributed by atoms with van der Waals surface area (Å²) in [6.07, 6.45) is 0. The van der Waals surface area contributed by atoms with E-state index in [9.17, 15) is 13.2 Å². The summed E-state index contributed by atoms with van der Waals surface area (Å²) in [5.41, 5.74) is 1.62. The van der Waals surface area contributed by atoms with E-state index < -0.39 is 10.0 Å². The van der Waals surface area contributed by atoms with Crippen molar-refractivity contribution in [1.29, 1.82) is 0 Å². The third kappa shape index (κ3) is 6.32. The van der Waals surface area contributed by atoms with Crippen molar-refractivity contribution in [2.24, 2.45) is 0 Å². The van der Waals surface area contributed by atoms with Gasteiger partial charge in [0.05, 0.1) is 10.9 Å². The summed E-state index contributed by atoms with van der Waals surface area (Å²) in [6.45, 7) is 7.00. The highest BCUT2D eigenvalue weighted by Gasteiger charge is 2.17. The molecule has 1 amide bonds. The second-order valence-corrected chi connectivity index (χ2v) is 9.47. The molecule has 2 N–H and O–H groups in total. The van der Waals surface area contributed by atoms with Crippen LogP contribution in [0.2, 0.25) is 0 Å². The number of sulfonamides is 1. The molecular formula is C20H25BrN2O4S.